The number of hydrogen-bond donors (Lipinski definition) is 1. The van der Waals surface area contributed by atoms with E-state index in [0.29, 0.717) is 22.7 Å². The zero-order valence-electron chi connectivity index (χ0n) is 17.3. The number of piperidine rings is 1. The fourth-order valence-corrected chi connectivity index (χ4v) is 3.59. The minimum Gasteiger partial charge on any atom is -0.484 e. The van der Waals surface area contributed by atoms with Crippen LogP contribution in [0.25, 0.3) is 0 Å². The van der Waals surface area contributed by atoms with Gasteiger partial charge in [0, 0.05) is 24.2 Å². The van der Waals surface area contributed by atoms with Crippen LogP contribution >= 0.6 is 0 Å². The molecule has 0 atom stereocenters. The Labute approximate surface area is 181 Å². The zero-order chi connectivity index (χ0) is 21.5. The van der Waals surface area contributed by atoms with Crippen LogP contribution in [0, 0.1) is 0 Å². The number of ether oxygens (including phenoxy) is 1. The molecule has 1 aliphatic heterocycles. The Hall–Kier alpha value is -3.67. The van der Waals surface area contributed by atoms with E-state index in [-0.39, 0.29) is 18.3 Å². The van der Waals surface area contributed by atoms with Gasteiger partial charge in [0.1, 0.15) is 11.6 Å². The van der Waals surface area contributed by atoms with Crippen molar-refractivity contribution < 1.29 is 14.3 Å². The molecular formula is C25H25N3O3. The zero-order valence-corrected chi connectivity index (χ0v) is 17.3. The molecule has 0 unspecified atom stereocenters. The highest BCUT2D eigenvalue weighted by Gasteiger charge is 2.12. The Morgan fingerprint density at radius 2 is 1.58 bits per heavy atom. The predicted octanol–water partition coefficient (Wildman–Crippen LogP) is 4.32. The van der Waals surface area contributed by atoms with Gasteiger partial charge >= 0.3 is 0 Å². The number of anilines is 2. The smallest absolute Gasteiger partial charge is 0.263 e. The molecule has 158 valence electrons. The number of rotatable bonds is 7. The Bertz CT molecular complexity index is 1010. The van der Waals surface area contributed by atoms with Crippen molar-refractivity contribution >= 4 is 23.2 Å². The first-order chi connectivity index (χ1) is 15.2. The van der Waals surface area contributed by atoms with Crippen LogP contribution < -0.4 is 15.0 Å². The summed E-state index contributed by atoms with van der Waals surface area (Å²) in [4.78, 5) is 31.3. The van der Waals surface area contributed by atoms with E-state index in [0.717, 1.165) is 18.8 Å². The second-order valence-corrected chi connectivity index (χ2v) is 7.51. The first-order valence-corrected chi connectivity index (χ1v) is 10.5. The van der Waals surface area contributed by atoms with E-state index in [1.165, 1.54) is 19.3 Å². The number of aromatic nitrogens is 1. The van der Waals surface area contributed by atoms with Gasteiger partial charge in [0.15, 0.2) is 12.4 Å². The third kappa shape index (κ3) is 5.48. The molecule has 4 rings (SSSR count). The molecule has 0 saturated carbocycles. The summed E-state index contributed by atoms with van der Waals surface area (Å²) >= 11 is 0. The van der Waals surface area contributed by atoms with Crippen molar-refractivity contribution in [3.05, 3.63) is 84.1 Å². The average Bonchev–Trinajstić information content (AvgIpc) is 2.84. The van der Waals surface area contributed by atoms with Crippen LogP contribution in [0.5, 0.6) is 5.75 Å². The van der Waals surface area contributed by atoms with Gasteiger partial charge in [-0.2, -0.15) is 0 Å². The van der Waals surface area contributed by atoms with E-state index in [9.17, 15) is 9.59 Å². The van der Waals surface area contributed by atoms with Crippen LogP contribution in [-0.4, -0.2) is 36.4 Å². The first-order valence-electron chi connectivity index (χ1n) is 10.5. The molecule has 6 heteroatoms. The molecule has 2 aromatic carbocycles. The maximum atomic E-state index is 12.4. The van der Waals surface area contributed by atoms with Crippen LogP contribution in [0.3, 0.4) is 0 Å². The van der Waals surface area contributed by atoms with Gasteiger partial charge in [-0.05, 0) is 55.7 Å². The highest BCUT2D eigenvalue weighted by molar-refractivity contribution is 6.09. The molecule has 1 N–H and O–H groups in total. The number of nitrogens with zero attached hydrogens (tertiary/aromatic N) is 2. The van der Waals surface area contributed by atoms with Crippen molar-refractivity contribution in [3.8, 4) is 5.75 Å². The summed E-state index contributed by atoms with van der Waals surface area (Å²) in [5.41, 5.74) is 2.29. The summed E-state index contributed by atoms with van der Waals surface area (Å²) in [5.74, 6) is 0.679. The summed E-state index contributed by atoms with van der Waals surface area (Å²) in [7, 11) is 0. The molecule has 2 heterocycles. The standard InChI is InChI=1S/C25H25N3O3/c29-24(27-23-14-11-21(17-26-23)28-15-5-2-6-16-28)18-31-22-12-9-20(10-13-22)25(30)19-7-3-1-4-8-19/h1,3-4,7-14,17H,2,5-6,15-16,18H2,(H,26,27,29). The van der Waals surface area contributed by atoms with Crippen molar-refractivity contribution in [1.82, 2.24) is 4.98 Å². The van der Waals surface area contributed by atoms with Crippen LogP contribution in [0.1, 0.15) is 35.2 Å². The molecule has 1 amide bonds. The van der Waals surface area contributed by atoms with Gasteiger partial charge in [-0.15, -0.1) is 0 Å². The van der Waals surface area contributed by atoms with Crippen LogP contribution in [0.15, 0.2) is 72.9 Å². The van der Waals surface area contributed by atoms with Gasteiger partial charge < -0.3 is 15.0 Å². The van der Waals surface area contributed by atoms with Crippen LogP contribution in [-0.2, 0) is 4.79 Å². The minimum atomic E-state index is -0.289. The van der Waals surface area contributed by atoms with E-state index in [4.69, 9.17) is 4.74 Å². The van der Waals surface area contributed by atoms with Gasteiger partial charge in [0.05, 0.1) is 11.9 Å². The molecule has 1 aliphatic rings. The molecule has 0 spiro atoms. The molecule has 3 aromatic rings. The molecule has 6 nitrogen and oxygen atoms in total. The normalized spacial score (nSPS) is 13.5. The number of carbonyl (C=O) groups excluding carboxylic acids is 2. The monoisotopic (exact) mass is 415 g/mol. The van der Waals surface area contributed by atoms with Gasteiger partial charge in [-0.3, -0.25) is 9.59 Å². The summed E-state index contributed by atoms with van der Waals surface area (Å²) < 4.78 is 5.54. The summed E-state index contributed by atoms with van der Waals surface area (Å²) in [6.07, 6.45) is 5.49. The number of pyridine rings is 1. The number of hydrogen-bond acceptors (Lipinski definition) is 5. The number of amides is 1. The summed E-state index contributed by atoms with van der Waals surface area (Å²) in [6.45, 7) is 1.97. The molecule has 0 bridgehead atoms. The van der Waals surface area contributed by atoms with Crippen molar-refractivity contribution in [2.45, 2.75) is 19.3 Å². The quantitative estimate of drug-likeness (QED) is 0.582. The summed E-state index contributed by atoms with van der Waals surface area (Å²) in [5, 5.41) is 2.75. The number of benzene rings is 2. The van der Waals surface area contributed by atoms with Crippen LogP contribution in [0.2, 0.25) is 0 Å². The highest BCUT2D eigenvalue weighted by atomic mass is 16.5. The molecular weight excluding hydrogens is 390 g/mol. The van der Waals surface area contributed by atoms with Gasteiger partial charge in [0.25, 0.3) is 5.91 Å². The Kier molecular flexibility index (Phi) is 6.57. The van der Waals surface area contributed by atoms with E-state index in [1.807, 2.05) is 30.3 Å². The number of ketones is 1. The topological polar surface area (TPSA) is 71.5 Å². The van der Waals surface area contributed by atoms with E-state index < -0.39 is 0 Å². The second-order valence-electron chi connectivity index (χ2n) is 7.51. The third-order valence-corrected chi connectivity index (χ3v) is 5.26. The van der Waals surface area contributed by atoms with Gasteiger partial charge in [0.2, 0.25) is 0 Å². The van der Waals surface area contributed by atoms with Crippen molar-refractivity contribution in [2.75, 3.05) is 29.9 Å². The average molecular weight is 415 g/mol. The third-order valence-electron chi connectivity index (χ3n) is 5.26. The largest absolute Gasteiger partial charge is 0.484 e. The first kappa shape index (κ1) is 20.6. The Morgan fingerprint density at radius 3 is 2.26 bits per heavy atom. The lowest BCUT2D eigenvalue weighted by atomic mass is 10.0. The summed E-state index contributed by atoms with van der Waals surface area (Å²) in [6, 6.07) is 19.7. The molecule has 1 saturated heterocycles. The van der Waals surface area contributed by atoms with Gasteiger partial charge in [-0.25, -0.2) is 4.98 Å². The lowest BCUT2D eigenvalue weighted by molar-refractivity contribution is -0.118. The van der Waals surface area contributed by atoms with Gasteiger partial charge in [-0.1, -0.05) is 30.3 Å². The van der Waals surface area contributed by atoms with E-state index >= 15 is 0 Å². The molecule has 0 radical (unpaired) electrons. The minimum absolute atomic E-state index is 0.0519. The van der Waals surface area contributed by atoms with Crippen molar-refractivity contribution in [1.29, 1.82) is 0 Å². The predicted molar refractivity (Wildman–Crippen MR) is 121 cm³/mol. The fraction of sp³-hybridized carbons (Fsp3) is 0.240. The molecule has 0 aliphatic carbocycles. The maximum absolute atomic E-state index is 12.4. The lowest BCUT2D eigenvalue weighted by Gasteiger charge is -2.28. The molecule has 1 fully saturated rings. The Balaban J connectivity index is 1.27. The number of nitrogens with one attached hydrogen (secondary N) is 1. The lowest BCUT2D eigenvalue weighted by Crippen LogP contribution is -2.29. The fourth-order valence-electron chi connectivity index (χ4n) is 3.59. The van der Waals surface area contributed by atoms with Crippen molar-refractivity contribution in [3.63, 3.8) is 0 Å². The molecule has 31 heavy (non-hydrogen) atoms. The number of carbonyl (C=O) groups is 2. The Morgan fingerprint density at radius 1 is 0.871 bits per heavy atom. The second kappa shape index (κ2) is 9.89. The maximum Gasteiger partial charge on any atom is 0.263 e. The van der Waals surface area contributed by atoms with E-state index in [2.05, 4.69) is 15.2 Å². The van der Waals surface area contributed by atoms with E-state index in [1.54, 1.807) is 42.6 Å². The molecule has 1 aromatic heterocycles. The van der Waals surface area contributed by atoms with Crippen LogP contribution in [0.4, 0.5) is 11.5 Å². The highest BCUT2D eigenvalue weighted by Crippen LogP contribution is 2.20. The van der Waals surface area contributed by atoms with Crippen molar-refractivity contribution in [2.24, 2.45) is 0 Å². The SMILES string of the molecule is O=C(COc1ccc(C(=O)c2ccccc2)cc1)Nc1ccc(N2CCCCC2)cn1.